The van der Waals surface area contributed by atoms with E-state index in [0.717, 1.165) is 25.7 Å². The first-order chi connectivity index (χ1) is 12.8. The van der Waals surface area contributed by atoms with E-state index < -0.39 is 15.1 Å². The molecule has 0 amide bonds. The number of fused-ring (bicyclic) bond motifs is 3. The van der Waals surface area contributed by atoms with Gasteiger partial charge in [-0.05, 0) is 44.7 Å². The van der Waals surface area contributed by atoms with Crippen molar-refractivity contribution in [1.29, 1.82) is 0 Å². The molecule has 0 aromatic heterocycles. The second-order valence-corrected chi connectivity index (χ2v) is 10.6. The fourth-order valence-corrected chi connectivity index (χ4v) is 6.15. The van der Waals surface area contributed by atoms with Gasteiger partial charge in [0.05, 0.1) is 10.1 Å². The van der Waals surface area contributed by atoms with Gasteiger partial charge in [-0.1, -0.05) is 26.2 Å². The Labute approximate surface area is 162 Å². The van der Waals surface area contributed by atoms with Gasteiger partial charge in [0.15, 0.2) is 9.84 Å². The highest BCUT2D eigenvalue weighted by molar-refractivity contribution is 7.92. The fourth-order valence-electron chi connectivity index (χ4n) is 4.65. The van der Waals surface area contributed by atoms with Gasteiger partial charge in [-0.2, -0.15) is 0 Å². The Morgan fingerprint density at radius 1 is 1.30 bits per heavy atom. The normalized spacial score (nSPS) is 26.0. The summed E-state index contributed by atoms with van der Waals surface area (Å²) in [7, 11) is -3.50. The van der Waals surface area contributed by atoms with Crippen molar-refractivity contribution in [2.45, 2.75) is 87.8 Å². The van der Waals surface area contributed by atoms with Crippen molar-refractivity contribution in [3.8, 4) is 5.75 Å². The highest BCUT2D eigenvalue weighted by Crippen LogP contribution is 2.49. The number of rotatable bonds is 6. The predicted octanol–water partition coefficient (Wildman–Crippen LogP) is 4.40. The number of Topliss-reactive ketones (excluding diaryl/α,β-unsaturated/α-hetero) is 1. The van der Waals surface area contributed by atoms with Crippen LogP contribution in [0.15, 0.2) is 17.0 Å². The summed E-state index contributed by atoms with van der Waals surface area (Å²) in [5.41, 5.74) is 1.38. The van der Waals surface area contributed by atoms with E-state index in [9.17, 15) is 18.3 Å². The van der Waals surface area contributed by atoms with Gasteiger partial charge in [0.25, 0.3) is 0 Å². The molecule has 1 aliphatic heterocycles. The van der Waals surface area contributed by atoms with Crippen molar-refractivity contribution in [2.24, 2.45) is 5.92 Å². The summed E-state index contributed by atoms with van der Waals surface area (Å²) in [6, 6.07) is 3.19. The maximum absolute atomic E-state index is 13.0. The van der Waals surface area contributed by atoms with Crippen LogP contribution in [0.1, 0.15) is 77.2 Å². The second kappa shape index (κ2) is 7.82. The first-order valence-electron chi connectivity index (χ1n) is 10.1. The van der Waals surface area contributed by atoms with E-state index in [1.807, 2.05) is 0 Å². The smallest absolute Gasteiger partial charge is 0.181 e. The molecule has 3 rings (SSSR count). The number of benzene rings is 1. The summed E-state index contributed by atoms with van der Waals surface area (Å²) in [5, 5.41) is 13.6. The number of phenols is 1. The number of ketones is 1. The minimum Gasteiger partial charge on any atom is -0.508 e. The van der Waals surface area contributed by atoms with Gasteiger partial charge in [0.2, 0.25) is 0 Å². The molecular formula is C21H31NO4S. The van der Waals surface area contributed by atoms with Gasteiger partial charge in [-0.3, -0.25) is 4.79 Å². The Morgan fingerprint density at radius 2 is 2.04 bits per heavy atom. The van der Waals surface area contributed by atoms with E-state index in [1.54, 1.807) is 13.0 Å². The van der Waals surface area contributed by atoms with E-state index in [-0.39, 0.29) is 34.3 Å². The van der Waals surface area contributed by atoms with Crippen molar-refractivity contribution in [3.63, 3.8) is 0 Å². The monoisotopic (exact) mass is 393 g/mol. The van der Waals surface area contributed by atoms with Gasteiger partial charge >= 0.3 is 0 Å². The molecule has 2 aliphatic rings. The predicted molar refractivity (Wildman–Crippen MR) is 107 cm³/mol. The van der Waals surface area contributed by atoms with Crippen molar-refractivity contribution in [3.05, 3.63) is 17.7 Å². The summed E-state index contributed by atoms with van der Waals surface area (Å²) >= 11 is 0. The molecule has 1 heterocycles. The Balaban J connectivity index is 1.94. The maximum Gasteiger partial charge on any atom is 0.181 e. The van der Waals surface area contributed by atoms with Crippen molar-refractivity contribution >= 4 is 21.3 Å². The summed E-state index contributed by atoms with van der Waals surface area (Å²) in [6.07, 6.45) is 5.40. The number of unbranched alkanes of at least 4 members (excludes halogenated alkanes) is 2. The third kappa shape index (κ3) is 3.86. The van der Waals surface area contributed by atoms with Crippen LogP contribution in [0.25, 0.3) is 0 Å². The third-order valence-electron chi connectivity index (χ3n) is 6.32. The van der Waals surface area contributed by atoms with E-state index >= 15 is 0 Å². The van der Waals surface area contributed by atoms with Crippen LogP contribution in [0.4, 0.5) is 5.69 Å². The van der Waals surface area contributed by atoms with Gasteiger partial charge in [-0.25, -0.2) is 8.42 Å². The van der Waals surface area contributed by atoms with Crippen LogP contribution in [0.5, 0.6) is 5.75 Å². The molecule has 4 atom stereocenters. The molecule has 27 heavy (non-hydrogen) atoms. The minimum atomic E-state index is -3.50. The van der Waals surface area contributed by atoms with Crippen LogP contribution >= 0.6 is 0 Å². The van der Waals surface area contributed by atoms with Crippen LogP contribution in [-0.2, 0) is 14.6 Å². The van der Waals surface area contributed by atoms with Gasteiger partial charge < -0.3 is 10.4 Å². The Hall–Kier alpha value is -1.56. The van der Waals surface area contributed by atoms with Gasteiger partial charge in [0.1, 0.15) is 11.5 Å². The summed E-state index contributed by atoms with van der Waals surface area (Å²) in [4.78, 5) is 12.2. The Kier molecular flexibility index (Phi) is 5.84. The van der Waals surface area contributed by atoms with Crippen LogP contribution in [0.3, 0.4) is 0 Å². The summed E-state index contributed by atoms with van der Waals surface area (Å²) < 4.78 is 26.0. The zero-order valence-corrected chi connectivity index (χ0v) is 17.3. The fraction of sp³-hybridized carbons (Fsp3) is 0.667. The SMILES string of the molecule is CCCCCC(C)S(=O)(=O)c1cc(O)c2c(c1)N[C@@H](C)[C@@H]1CCC(=O)CC21. The molecule has 0 radical (unpaired) electrons. The Bertz CT molecular complexity index is 818. The first-order valence-corrected chi connectivity index (χ1v) is 11.7. The number of carbonyl (C=O) groups is 1. The third-order valence-corrected chi connectivity index (χ3v) is 8.51. The largest absolute Gasteiger partial charge is 0.508 e. The van der Waals surface area contributed by atoms with Crippen molar-refractivity contribution in [2.75, 3.05) is 5.32 Å². The zero-order chi connectivity index (χ0) is 19.8. The van der Waals surface area contributed by atoms with E-state index in [2.05, 4.69) is 19.2 Å². The first kappa shape index (κ1) is 20.2. The van der Waals surface area contributed by atoms with Gasteiger partial charge in [0, 0.05) is 36.1 Å². The molecule has 1 saturated carbocycles. The molecule has 1 aromatic carbocycles. The van der Waals surface area contributed by atoms with Crippen LogP contribution < -0.4 is 5.32 Å². The molecule has 0 saturated heterocycles. The van der Waals surface area contributed by atoms with Crippen LogP contribution in [0, 0.1) is 5.92 Å². The van der Waals surface area contributed by atoms with Crippen molar-refractivity contribution in [1.82, 2.24) is 0 Å². The molecule has 1 aromatic rings. The van der Waals surface area contributed by atoms with Crippen LogP contribution in [-0.4, -0.2) is 30.6 Å². The molecule has 150 valence electrons. The highest BCUT2D eigenvalue weighted by Gasteiger charge is 2.41. The summed E-state index contributed by atoms with van der Waals surface area (Å²) in [6.45, 7) is 5.91. The maximum atomic E-state index is 13.0. The standard InChI is InChI=1S/C21H31NO4S/c1-4-5-6-7-13(2)27(25,26)16-11-19-21(20(24)12-16)18-10-15(23)8-9-17(18)14(3)22-19/h11-14,17-18,22,24H,4-10H2,1-3H3/t13?,14-,17-,18?/m0/s1. The quantitative estimate of drug-likeness (QED) is 0.700. The summed E-state index contributed by atoms with van der Waals surface area (Å²) in [5.74, 6) is 0.473. The Morgan fingerprint density at radius 3 is 2.74 bits per heavy atom. The number of nitrogens with one attached hydrogen (secondary N) is 1. The average Bonchev–Trinajstić information content (AvgIpc) is 2.61. The highest BCUT2D eigenvalue weighted by atomic mass is 32.2. The average molecular weight is 394 g/mol. The lowest BCUT2D eigenvalue weighted by Gasteiger charge is -2.42. The van der Waals surface area contributed by atoms with E-state index in [1.165, 1.54) is 6.07 Å². The topological polar surface area (TPSA) is 83.5 Å². The van der Waals surface area contributed by atoms with Crippen LogP contribution in [0.2, 0.25) is 0 Å². The lowest BCUT2D eigenvalue weighted by atomic mass is 9.69. The zero-order valence-electron chi connectivity index (χ0n) is 16.5. The number of anilines is 1. The lowest BCUT2D eigenvalue weighted by molar-refractivity contribution is -0.121. The number of aromatic hydroxyl groups is 1. The van der Waals surface area contributed by atoms with E-state index in [4.69, 9.17) is 0 Å². The molecule has 0 spiro atoms. The molecule has 2 N–H and O–H groups in total. The second-order valence-electron chi connectivity index (χ2n) is 8.24. The van der Waals surface area contributed by atoms with E-state index in [0.29, 0.717) is 30.5 Å². The molecular weight excluding hydrogens is 362 g/mol. The lowest BCUT2D eigenvalue weighted by Crippen LogP contribution is -2.39. The molecule has 0 bridgehead atoms. The number of hydrogen-bond acceptors (Lipinski definition) is 5. The number of hydrogen-bond donors (Lipinski definition) is 2. The molecule has 2 unspecified atom stereocenters. The number of phenolic OH excluding ortho intramolecular Hbond substituents is 1. The number of carbonyl (C=O) groups excluding carboxylic acids is 1. The number of sulfone groups is 1. The molecule has 6 heteroatoms. The van der Waals surface area contributed by atoms with Crippen molar-refractivity contribution < 1.29 is 18.3 Å². The minimum absolute atomic E-state index is 0.00377. The molecule has 1 aliphatic carbocycles. The molecule has 5 nitrogen and oxygen atoms in total. The molecule has 1 fully saturated rings. The van der Waals surface area contributed by atoms with Gasteiger partial charge in [-0.15, -0.1) is 0 Å².